The predicted octanol–water partition coefficient (Wildman–Crippen LogP) is 2.30. The molecule has 0 aliphatic rings. The Morgan fingerprint density at radius 1 is 1.08 bits per heavy atom. The number of hydrogen-bond acceptors (Lipinski definition) is 2. The number of anilines is 1. The van der Waals surface area contributed by atoms with Crippen molar-refractivity contribution in [3.05, 3.63) is 64.7 Å². The van der Waals surface area contributed by atoms with E-state index in [9.17, 15) is 9.59 Å². The maximum Gasteiger partial charge on any atom is 0.279 e. The van der Waals surface area contributed by atoms with Crippen LogP contribution in [0.3, 0.4) is 0 Å². The number of quaternary nitrogens is 1. The lowest BCUT2D eigenvalue weighted by Crippen LogP contribution is -2.86. The number of carbonyl (C=O) groups is 2. The van der Waals surface area contributed by atoms with E-state index in [1.54, 1.807) is 38.4 Å². The second-order valence-electron chi connectivity index (χ2n) is 6.11. The van der Waals surface area contributed by atoms with Gasteiger partial charge < -0.3 is 15.5 Å². The molecule has 3 N–H and O–H groups in total. The summed E-state index contributed by atoms with van der Waals surface area (Å²) >= 11 is 5.88. The first-order valence-electron chi connectivity index (χ1n) is 8.07. The van der Waals surface area contributed by atoms with E-state index >= 15 is 0 Å². The minimum absolute atomic E-state index is 0.0667. The van der Waals surface area contributed by atoms with E-state index in [0.717, 1.165) is 5.56 Å². The third-order valence-corrected chi connectivity index (χ3v) is 4.13. The summed E-state index contributed by atoms with van der Waals surface area (Å²) in [5.41, 5.74) is 2.38. The Morgan fingerprint density at radius 3 is 2.24 bits per heavy atom. The molecule has 6 heteroatoms. The summed E-state index contributed by atoms with van der Waals surface area (Å²) < 4.78 is 0. The Labute approximate surface area is 153 Å². The molecule has 0 spiro atoms. The quantitative estimate of drug-likeness (QED) is 0.830. The molecular weight excluding hydrogens is 338 g/mol. The molecule has 1 atom stereocenters. The molecule has 0 bridgehead atoms. The molecule has 0 heterocycles. The molecule has 25 heavy (non-hydrogen) atoms. The summed E-state index contributed by atoms with van der Waals surface area (Å²) in [6, 6.07) is 14.6. The van der Waals surface area contributed by atoms with Gasteiger partial charge >= 0.3 is 0 Å². The largest absolute Gasteiger partial charge is 0.345 e. The van der Waals surface area contributed by atoms with Gasteiger partial charge in [0.25, 0.3) is 11.8 Å². The van der Waals surface area contributed by atoms with Gasteiger partial charge in [0.05, 0.1) is 0 Å². The lowest BCUT2D eigenvalue weighted by atomic mass is 10.1. The van der Waals surface area contributed by atoms with Gasteiger partial charge in [-0.05, 0) is 43.3 Å². The third kappa shape index (κ3) is 5.59. The molecule has 2 amide bonds. The Kier molecular flexibility index (Phi) is 6.56. The van der Waals surface area contributed by atoms with Crippen molar-refractivity contribution in [2.24, 2.45) is 0 Å². The average Bonchev–Trinajstić information content (AvgIpc) is 2.60. The Morgan fingerprint density at radius 2 is 1.68 bits per heavy atom. The van der Waals surface area contributed by atoms with Crippen LogP contribution in [-0.4, -0.2) is 37.4 Å². The number of benzene rings is 2. The van der Waals surface area contributed by atoms with Crippen molar-refractivity contribution in [1.82, 2.24) is 4.90 Å². The molecule has 0 aliphatic carbocycles. The lowest BCUT2D eigenvalue weighted by molar-refractivity contribution is -0.682. The van der Waals surface area contributed by atoms with Crippen molar-refractivity contribution >= 4 is 29.1 Å². The van der Waals surface area contributed by atoms with Crippen molar-refractivity contribution in [3.8, 4) is 0 Å². The highest BCUT2D eigenvalue weighted by atomic mass is 35.5. The summed E-state index contributed by atoms with van der Waals surface area (Å²) in [6.07, 6.45) is 0. The monoisotopic (exact) mass is 360 g/mol. The molecule has 5 nitrogen and oxygen atoms in total. The summed E-state index contributed by atoms with van der Waals surface area (Å²) in [6.45, 7) is 2.35. The van der Waals surface area contributed by atoms with Gasteiger partial charge in [0.1, 0.15) is 6.04 Å². The van der Waals surface area contributed by atoms with Crippen molar-refractivity contribution in [2.45, 2.75) is 13.0 Å². The highest BCUT2D eigenvalue weighted by Gasteiger charge is 2.12. The first kappa shape index (κ1) is 19.0. The minimum Gasteiger partial charge on any atom is -0.345 e. The van der Waals surface area contributed by atoms with Gasteiger partial charge in [-0.25, -0.2) is 0 Å². The van der Waals surface area contributed by atoms with Crippen LogP contribution in [0, 0.1) is 0 Å². The number of rotatable bonds is 6. The maximum absolute atomic E-state index is 12.1. The highest BCUT2D eigenvalue weighted by Crippen LogP contribution is 2.13. The van der Waals surface area contributed by atoms with Gasteiger partial charge in [0.15, 0.2) is 6.54 Å². The van der Waals surface area contributed by atoms with Crippen molar-refractivity contribution in [1.29, 1.82) is 0 Å². The van der Waals surface area contributed by atoms with E-state index in [2.05, 4.69) is 5.32 Å². The van der Waals surface area contributed by atoms with E-state index < -0.39 is 0 Å². The fourth-order valence-corrected chi connectivity index (χ4v) is 2.48. The van der Waals surface area contributed by atoms with Gasteiger partial charge in [-0.2, -0.15) is 0 Å². The number of carbonyl (C=O) groups excluding carboxylic acids is 2. The fourth-order valence-electron chi connectivity index (χ4n) is 2.35. The fraction of sp³-hybridized carbons (Fsp3) is 0.263. The molecular formula is C19H23ClN3O2+. The Hall–Kier alpha value is -2.37. The number of amides is 2. The van der Waals surface area contributed by atoms with Crippen LogP contribution in [0.5, 0.6) is 0 Å². The molecule has 2 aromatic rings. The summed E-state index contributed by atoms with van der Waals surface area (Å²) in [5.74, 6) is -0.157. The second kappa shape index (κ2) is 8.65. The van der Waals surface area contributed by atoms with Crippen LogP contribution in [0.15, 0.2) is 48.5 Å². The predicted molar refractivity (Wildman–Crippen MR) is 99.7 cm³/mol. The Bertz CT molecular complexity index is 727. The van der Waals surface area contributed by atoms with Crippen LogP contribution in [0.1, 0.15) is 28.9 Å². The molecule has 0 unspecified atom stereocenters. The standard InChI is InChI=1S/C19H22ClN3O2/c1-13(14-4-8-16(20)9-5-14)21-12-18(24)22-17-10-6-15(7-11-17)19(25)23(2)3/h4-11,13,21H,12H2,1-3H3,(H,22,24)/p+1/t13-/m0/s1. The van der Waals surface area contributed by atoms with Crippen LogP contribution in [-0.2, 0) is 4.79 Å². The normalized spacial score (nSPS) is 11.7. The number of hydrogen-bond donors (Lipinski definition) is 2. The van der Waals surface area contributed by atoms with Gasteiger partial charge in [-0.15, -0.1) is 0 Å². The molecule has 2 aromatic carbocycles. The van der Waals surface area contributed by atoms with Crippen molar-refractivity contribution in [2.75, 3.05) is 26.0 Å². The van der Waals surface area contributed by atoms with Gasteiger partial charge in [0, 0.05) is 35.9 Å². The van der Waals surface area contributed by atoms with Gasteiger partial charge in [0.2, 0.25) is 0 Å². The van der Waals surface area contributed by atoms with E-state index in [4.69, 9.17) is 11.6 Å². The topological polar surface area (TPSA) is 66.0 Å². The molecule has 132 valence electrons. The highest BCUT2D eigenvalue weighted by molar-refractivity contribution is 6.30. The van der Waals surface area contributed by atoms with Crippen LogP contribution in [0.25, 0.3) is 0 Å². The lowest BCUT2D eigenvalue weighted by Gasteiger charge is -2.12. The molecule has 0 fully saturated rings. The van der Waals surface area contributed by atoms with E-state index in [0.29, 0.717) is 22.8 Å². The zero-order valence-corrected chi connectivity index (χ0v) is 15.4. The SMILES string of the molecule is C[C@H]([NH2+]CC(=O)Nc1ccc(C(=O)N(C)C)cc1)c1ccc(Cl)cc1. The van der Waals surface area contributed by atoms with E-state index in [1.807, 2.05) is 36.5 Å². The maximum atomic E-state index is 12.1. The molecule has 2 rings (SSSR count). The third-order valence-electron chi connectivity index (χ3n) is 3.87. The van der Waals surface area contributed by atoms with Gasteiger partial charge in [-0.1, -0.05) is 23.7 Å². The number of halogens is 1. The smallest absolute Gasteiger partial charge is 0.279 e. The van der Waals surface area contributed by atoms with Crippen molar-refractivity contribution < 1.29 is 14.9 Å². The second-order valence-corrected chi connectivity index (χ2v) is 6.54. The average molecular weight is 361 g/mol. The first-order valence-corrected chi connectivity index (χ1v) is 8.45. The summed E-state index contributed by atoms with van der Waals surface area (Å²) in [7, 11) is 3.41. The van der Waals surface area contributed by atoms with Gasteiger partial charge in [-0.3, -0.25) is 9.59 Å². The van der Waals surface area contributed by atoms with E-state index in [-0.39, 0.29) is 17.9 Å². The zero-order chi connectivity index (χ0) is 18.4. The van der Waals surface area contributed by atoms with Crippen LogP contribution in [0.4, 0.5) is 5.69 Å². The van der Waals surface area contributed by atoms with Crippen LogP contribution in [0.2, 0.25) is 5.02 Å². The molecule has 0 saturated heterocycles. The van der Waals surface area contributed by atoms with Crippen LogP contribution >= 0.6 is 11.6 Å². The zero-order valence-electron chi connectivity index (χ0n) is 14.6. The molecule has 0 saturated carbocycles. The summed E-state index contributed by atoms with van der Waals surface area (Å²) in [4.78, 5) is 25.4. The van der Waals surface area contributed by atoms with Crippen LogP contribution < -0.4 is 10.6 Å². The molecule has 0 aromatic heterocycles. The minimum atomic E-state index is -0.0903. The van der Waals surface area contributed by atoms with E-state index in [1.165, 1.54) is 4.90 Å². The molecule has 0 radical (unpaired) electrons. The first-order chi connectivity index (χ1) is 11.9. The number of nitrogens with zero attached hydrogens (tertiary/aromatic N) is 1. The number of nitrogens with one attached hydrogen (secondary N) is 1. The molecule has 0 aliphatic heterocycles. The summed E-state index contributed by atoms with van der Waals surface area (Å²) in [5, 5.41) is 5.50. The Balaban J connectivity index is 1.85. The number of nitrogens with two attached hydrogens (primary N) is 1. The van der Waals surface area contributed by atoms with Crippen molar-refractivity contribution in [3.63, 3.8) is 0 Å².